The Kier molecular flexibility index (Phi) is 13.4. The Morgan fingerprint density at radius 3 is 2.39 bits per heavy atom. The van der Waals surface area contributed by atoms with E-state index in [0.717, 1.165) is 0 Å². The summed E-state index contributed by atoms with van der Waals surface area (Å²) >= 11 is 0. The van der Waals surface area contributed by atoms with Gasteiger partial charge in [-0.1, -0.05) is 6.92 Å². The number of aliphatic hydroxyl groups excluding tert-OH is 4. The smallest absolute Gasteiger partial charge is 0.251 e. The van der Waals surface area contributed by atoms with Gasteiger partial charge < -0.3 is 83.9 Å². The number of nitrogens with one attached hydrogen (secondary N) is 2. The third kappa shape index (κ3) is 8.89. The van der Waals surface area contributed by atoms with Crippen molar-refractivity contribution in [1.82, 2.24) is 5.32 Å². The fraction of sp³-hybridized carbons (Fsp3) is 0.926. The van der Waals surface area contributed by atoms with Gasteiger partial charge in [0, 0.05) is 36.8 Å². The Balaban J connectivity index is 1.79. The topological polar surface area (TPSA) is 321 Å². The summed E-state index contributed by atoms with van der Waals surface area (Å²) in [6.07, 6.45) is -9.18. The van der Waals surface area contributed by atoms with Crippen LogP contribution in [0.4, 0.5) is 0 Å². The molecule has 0 radical (unpaired) electrons. The number of carbonyl (C=O) groups is 1. The van der Waals surface area contributed by atoms with E-state index >= 15 is 0 Å². The summed E-state index contributed by atoms with van der Waals surface area (Å²) in [5, 5.41) is 64.0. The Morgan fingerprint density at radius 1 is 1.09 bits per heavy atom. The highest BCUT2D eigenvalue weighted by atomic mass is 16.7. The van der Waals surface area contributed by atoms with Crippen LogP contribution in [-0.4, -0.2) is 142 Å². The summed E-state index contributed by atoms with van der Waals surface area (Å²) in [5.74, 6) is -1.69. The van der Waals surface area contributed by atoms with Crippen LogP contribution in [0.3, 0.4) is 0 Å². The summed E-state index contributed by atoms with van der Waals surface area (Å²) in [7, 11) is 0. The number of amides is 1. The van der Waals surface area contributed by atoms with E-state index in [1.54, 1.807) is 6.92 Å². The third-order valence-corrected chi connectivity index (χ3v) is 9.06. The van der Waals surface area contributed by atoms with E-state index in [2.05, 4.69) is 5.32 Å². The Morgan fingerprint density at radius 2 is 1.75 bits per heavy atom. The molecule has 2 aliphatic heterocycles. The molecule has 2 saturated heterocycles. The molecular weight excluding hydrogens is 582 g/mol. The maximum atomic E-state index is 12.9. The van der Waals surface area contributed by atoms with Crippen molar-refractivity contribution in [2.75, 3.05) is 19.7 Å². The lowest BCUT2D eigenvalue weighted by Gasteiger charge is -2.48. The molecule has 256 valence electrons. The molecule has 2 heterocycles. The van der Waals surface area contributed by atoms with Gasteiger partial charge >= 0.3 is 0 Å². The number of nitrogens with two attached hydrogens (primary N) is 5. The van der Waals surface area contributed by atoms with Gasteiger partial charge in [0.1, 0.15) is 30.5 Å². The van der Waals surface area contributed by atoms with E-state index in [9.17, 15) is 30.3 Å². The Hall–Kier alpha value is -1.42. The highest BCUT2D eigenvalue weighted by Crippen LogP contribution is 2.34. The molecule has 0 aromatic carbocycles. The van der Waals surface area contributed by atoms with Crippen LogP contribution in [0.5, 0.6) is 0 Å². The number of rotatable bonds is 13. The van der Waals surface area contributed by atoms with Crippen molar-refractivity contribution in [2.45, 2.75) is 131 Å². The van der Waals surface area contributed by atoms with E-state index in [4.69, 9.17) is 53.0 Å². The Labute approximate surface area is 257 Å². The standard InChI is InChI=1S/C27H53N7O10/c1-11-18(35)26(41-10-27(11,2)40)44-23-17(34-24(39)20(37)19(36)16(33)9-29)7-15(32)22(21(23)38)43-25-14(31)6-5-13(42-25)4-3-12(30)8-28/h11,13-23,25-26,30,35-38,40H,3-10,28-29,31-33H2,1-2H3,(H,34,39)/t11-,13-,14?,15+,16+,17-,18?,19+,20+,21?,22?,23?,25-,26-,27?/m1/s1. The SMILES string of the molecule is C[C@@H]1C(O)[C@@H](OC2C(O)C(O[C@H]3O[C@H](CCC(=N)CN)CCC3N)[C@@H](N)C[C@H]2NC(=O)[C@@H](O)[C@@H](O)[C@@H](N)CN)OCC1(C)O. The van der Waals surface area contributed by atoms with Crippen molar-refractivity contribution in [3.8, 4) is 0 Å². The molecule has 0 aromatic rings. The van der Waals surface area contributed by atoms with Crippen LogP contribution in [0, 0.1) is 11.3 Å². The van der Waals surface area contributed by atoms with Gasteiger partial charge in [0.15, 0.2) is 18.7 Å². The first-order valence-electron chi connectivity index (χ1n) is 15.2. The summed E-state index contributed by atoms with van der Waals surface area (Å²) in [5.41, 5.74) is 28.4. The van der Waals surface area contributed by atoms with Crippen LogP contribution in [0.2, 0.25) is 0 Å². The molecule has 1 amide bonds. The molecule has 1 saturated carbocycles. The largest absolute Gasteiger partial charge is 0.388 e. The molecule has 3 aliphatic rings. The lowest BCUT2D eigenvalue weighted by atomic mass is 9.82. The highest BCUT2D eigenvalue weighted by molar-refractivity contribution is 5.83. The minimum Gasteiger partial charge on any atom is -0.388 e. The third-order valence-electron chi connectivity index (χ3n) is 9.06. The lowest BCUT2D eigenvalue weighted by Crippen LogP contribution is -2.68. The molecule has 0 spiro atoms. The molecular formula is C27H53N7O10. The van der Waals surface area contributed by atoms with Gasteiger partial charge in [-0.3, -0.25) is 4.79 Å². The molecule has 3 fully saturated rings. The van der Waals surface area contributed by atoms with Crippen LogP contribution >= 0.6 is 0 Å². The maximum absolute atomic E-state index is 12.9. The molecule has 17 nitrogen and oxygen atoms in total. The summed E-state index contributed by atoms with van der Waals surface area (Å²) in [6.45, 7) is 2.92. The average Bonchev–Trinajstić information content (AvgIpc) is 2.99. The maximum Gasteiger partial charge on any atom is 0.251 e. The molecule has 0 bridgehead atoms. The van der Waals surface area contributed by atoms with Gasteiger partial charge in [-0.15, -0.1) is 0 Å². The summed E-state index contributed by atoms with van der Waals surface area (Å²) < 4.78 is 23.9. The molecule has 15 atom stereocenters. The first-order valence-corrected chi connectivity index (χ1v) is 15.2. The number of hydrogen-bond donors (Lipinski definition) is 12. The lowest BCUT2D eigenvalue weighted by molar-refractivity contribution is -0.314. The van der Waals surface area contributed by atoms with Crippen molar-refractivity contribution < 1.29 is 49.3 Å². The van der Waals surface area contributed by atoms with E-state index in [-0.39, 0.29) is 32.2 Å². The minimum atomic E-state index is -1.95. The van der Waals surface area contributed by atoms with Gasteiger partial charge in [-0.05, 0) is 39.0 Å². The van der Waals surface area contributed by atoms with Crippen LogP contribution in [0.25, 0.3) is 0 Å². The summed E-state index contributed by atoms with van der Waals surface area (Å²) in [6, 6.07) is -3.55. The van der Waals surface area contributed by atoms with Gasteiger partial charge in [-0.2, -0.15) is 0 Å². The van der Waals surface area contributed by atoms with Gasteiger partial charge in [-0.25, -0.2) is 0 Å². The normalized spacial score (nSPS) is 41.9. The predicted molar refractivity (Wildman–Crippen MR) is 157 cm³/mol. The zero-order chi connectivity index (χ0) is 32.9. The van der Waals surface area contributed by atoms with E-state index in [1.807, 2.05) is 0 Å². The molecule has 6 unspecified atom stereocenters. The zero-order valence-corrected chi connectivity index (χ0v) is 25.4. The number of aliphatic hydroxyl groups is 5. The molecule has 3 rings (SSSR count). The molecule has 17 N–H and O–H groups in total. The molecule has 0 aromatic heterocycles. The quantitative estimate of drug-likeness (QED) is 0.0843. The van der Waals surface area contributed by atoms with Crippen molar-refractivity contribution in [3.05, 3.63) is 0 Å². The number of carbonyl (C=O) groups excluding carboxylic acids is 1. The van der Waals surface area contributed by atoms with Crippen molar-refractivity contribution in [1.29, 1.82) is 5.41 Å². The molecule has 17 heteroatoms. The molecule has 1 aliphatic carbocycles. The second kappa shape index (κ2) is 15.9. The van der Waals surface area contributed by atoms with E-state index < -0.39 is 90.8 Å². The van der Waals surface area contributed by atoms with Crippen molar-refractivity contribution in [3.63, 3.8) is 0 Å². The number of ether oxygens (including phenoxy) is 4. The van der Waals surface area contributed by atoms with Crippen LogP contribution in [-0.2, 0) is 23.7 Å². The van der Waals surface area contributed by atoms with Gasteiger partial charge in [0.05, 0.1) is 30.4 Å². The zero-order valence-electron chi connectivity index (χ0n) is 25.4. The van der Waals surface area contributed by atoms with Crippen LogP contribution in [0.1, 0.15) is 46.0 Å². The monoisotopic (exact) mass is 635 g/mol. The first-order chi connectivity index (χ1) is 20.6. The van der Waals surface area contributed by atoms with E-state index in [1.165, 1.54) is 6.92 Å². The fourth-order valence-corrected chi connectivity index (χ4v) is 5.70. The van der Waals surface area contributed by atoms with E-state index in [0.29, 0.717) is 31.4 Å². The van der Waals surface area contributed by atoms with Gasteiger partial charge in [0.2, 0.25) is 0 Å². The summed E-state index contributed by atoms with van der Waals surface area (Å²) in [4.78, 5) is 12.9. The van der Waals surface area contributed by atoms with Crippen molar-refractivity contribution >= 4 is 11.6 Å². The Bertz CT molecular complexity index is 951. The predicted octanol–water partition coefficient (Wildman–Crippen LogP) is -4.96. The highest BCUT2D eigenvalue weighted by Gasteiger charge is 2.51. The average molecular weight is 636 g/mol. The first kappa shape index (κ1) is 37.0. The molecule has 44 heavy (non-hydrogen) atoms. The van der Waals surface area contributed by atoms with Crippen LogP contribution < -0.4 is 34.0 Å². The van der Waals surface area contributed by atoms with Crippen molar-refractivity contribution in [2.24, 2.45) is 34.6 Å². The minimum absolute atomic E-state index is 0.0287. The van der Waals surface area contributed by atoms with Crippen LogP contribution in [0.15, 0.2) is 0 Å². The number of hydrogen-bond acceptors (Lipinski definition) is 16. The second-order valence-electron chi connectivity index (χ2n) is 12.6. The fourth-order valence-electron chi connectivity index (χ4n) is 5.70. The van der Waals surface area contributed by atoms with Gasteiger partial charge in [0.25, 0.3) is 5.91 Å². The second-order valence-corrected chi connectivity index (χ2v) is 12.6.